The van der Waals surface area contributed by atoms with Crippen LogP contribution >= 0.6 is 0 Å². The molecule has 1 spiro atoms. The Bertz CT molecular complexity index is 1220. The molecule has 3 aromatic rings. The molecule has 0 bridgehead atoms. The Kier molecular flexibility index (Phi) is 5.22. The lowest BCUT2D eigenvalue weighted by atomic mass is 10.0. The first-order chi connectivity index (χ1) is 16.6. The first kappa shape index (κ1) is 21.1. The molecule has 11 nitrogen and oxygen atoms in total. The second-order valence-electron chi connectivity index (χ2n) is 9.08. The van der Waals surface area contributed by atoms with Crippen molar-refractivity contribution in [2.45, 2.75) is 30.9 Å². The van der Waals surface area contributed by atoms with Crippen molar-refractivity contribution in [2.75, 3.05) is 55.5 Å². The largest absolute Gasteiger partial charge is 0.378 e. The van der Waals surface area contributed by atoms with Crippen LogP contribution in [0, 0.1) is 0 Å². The van der Waals surface area contributed by atoms with Gasteiger partial charge in [0.25, 0.3) is 5.91 Å². The molecule has 5 heterocycles. The van der Waals surface area contributed by atoms with Gasteiger partial charge in [-0.05, 0) is 25.0 Å². The van der Waals surface area contributed by atoms with Gasteiger partial charge >= 0.3 is 0 Å². The summed E-state index contributed by atoms with van der Waals surface area (Å²) in [6, 6.07) is 7.99. The quantitative estimate of drug-likeness (QED) is 0.502. The minimum absolute atomic E-state index is 0.151. The molecule has 2 saturated heterocycles. The fourth-order valence-electron chi connectivity index (χ4n) is 4.52. The maximum Gasteiger partial charge on any atom is 0.256 e. The van der Waals surface area contributed by atoms with Gasteiger partial charge in [-0.15, -0.1) is 0 Å². The summed E-state index contributed by atoms with van der Waals surface area (Å²) in [7, 11) is 1.81. The minimum atomic E-state index is -0.239. The normalized spacial score (nSPS) is 22.3. The first-order valence-electron chi connectivity index (χ1n) is 11.7. The van der Waals surface area contributed by atoms with Gasteiger partial charge in [-0.3, -0.25) is 4.79 Å². The number of ether oxygens (including phenoxy) is 2. The van der Waals surface area contributed by atoms with Gasteiger partial charge in [0.05, 0.1) is 26.0 Å². The average Bonchev–Trinajstić information content (AvgIpc) is 3.38. The summed E-state index contributed by atoms with van der Waals surface area (Å²) in [5.41, 5.74) is 0.697. The third kappa shape index (κ3) is 4.01. The molecular formula is C23H28N8O3. The van der Waals surface area contributed by atoms with E-state index in [2.05, 4.69) is 30.9 Å². The summed E-state index contributed by atoms with van der Waals surface area (Å²) in [5.74, 6) is 2.68. The zero-order valence-electron chi connectivity index (χ0n) is 19.1. The van der Waals surface area contributed by atoms with Crippen LogP contribution in [0.15, 0.2) is 30.5 Å². The van der Waals surface area contributed by atoms with Crippen molar-refractivity contribution in [2.24, 2.45) is 0 Å². The topological polar surface area (TPSA) is 118 Å². The fourth-order valence-corrected chi connectivity index (χ4v) is 4.52. The number of carbonyl (C=O) groups excluding carboxylic acids is 1. The molecular weight excluding hydrogens is 436 g/mol. The van der Waals surface area contributed by atoms with Gasteiger partial charge in [0, 0.05) is 38.7 Å². The van der Waals surface area contributed by atoms with E-state index >= 15 is 0 Å². The van der Waals surface area contributed by atoms with Crippen molar-refractivity contribution in [3.8, 4) is 0 Å². The van der Waals surface area contributed by atoms with Crippen molar-refractivity contribution in [3.63, 3.8) is 0 Å². The van der Waals surface area contributed by atoms with Crippen molar-refractivity contribution in [1.82, 2.24) is 24.9 Å². The molecule has 1 amide bonds. The van der Waals surface area contributed by atoms with Crippen molar-refractivity contribution < 1.29 is 14.3 Å². The zero-order valence-corrected chi connectivity index (χ0v) is 19.1. The smallest absolute Gasteiger partial charge is 0.256 e. The van der Waals surface area contributed by atoms with Gasteiger partial charge in [0.1, 0.15) is 34.4 Å². The summed E-state index contributed by atoms with van der Waals surface area (Å²) >= 11 is 0. The number of amides is 1. The highest BCUT2D eigenvalue weighted by Crippen LogP contribution is 2.30. The van der Waals surface area contributed by atoms with Crippen LogP contribution in [-0.2, 0) is 9.47 Å². The van der Waals surface area contributed by atoms with Gasteiger partial charge < -0.3 is 30.3 Å². The predicted molar refractivity (Wildman–Crippen MR) is 127 cm³/mol. The highest BCUT2D eigenvalue weighted by atomic mass is 16.6. The Morgan fingerprint density at radius 1 is 1.21 bits per heavy atom. The van der Waals surface area contributed by atoms with Gasteiger partial charge in [-0.2, -0.15) is 9.61 Å². The summed E-state index contributed by atoms with van der Waals surface area (Å²) < 4.78 is 13.3. The lowest BCUT2D eigenvalue weighted by Crippen LogP contribution is -2.52. The Balaban J connectivity index is 1.26. The van der Waals surface area contributed by atoms with Crippen molar-refractivity contribution in [1.29, 1.82) is 0 Å². The maximum atomic E-state index is 12.7. The molecule has 0 radical (unpaired) electrons. The maximum absolute atomic E-state index is 12.7. The number of nitrogens with zero attached hydrogens (tertiary/aromatic N) is 5. The molecule has 3 aromatic heterocycles. The molecule has 3 fully saturated rings. The number of carbonyl (C=O) groups is 1. The molecule has 1 aliphatic carbocycles. The third-order valence-electron chi connectivity index (χ3n) is 6.52. The van der Waals surface area contributed by atoms with E-state index in [9.17, 15) is 4.79 Å². The van der Waals surface area contributed by atoms with Crippen LogP contribution in [0.1, 0.15) is 29.6 Å². The SMILES string of the molecule is CNc1cc(Nc2cccc(N3CCO[C@@]4(CCOC4)C3)n2)nc2c(C(=O)NC3CC3)cnn12. The van der Waals surface area contributed by atoms with E-state index in [1.165, 1.54) is 0 Å². The third-order valence-corrected chi connectivity index (χ3v) is 6.52. The van der Waals surface area contributed by atoms with Crippen LogP contribution < -0.4 is 20.9 Å². The molecule has 11 heteroatoms. The van der Waals surface area contributed by atoms with Gasteiger partial charge in [-0.25, -0.2) is 9.97 Å². The van der Waals surface area contributed by atoms with E-state index in [0.717, 1.165) is 44.8 Å². The molecule has 178 valence electrons. The highest BCUT2D eigenvalue weighted by Gasteiger charge is 2.40. The van der Waals surface area contributed by atoms with Crippen molar-refractivity contribution in [3.05, 3.63) is 36.0 Å². The number of hydrogen-bond acceptors (Lipinski definition) is 9. The van der Waals surface area contributed by atoms with E-state index in [1.54, 1.807) is 10.7 Å². The standard InChI is InChI=1S/C23H28N8O3/c1-24-20-11-18(29-21-16(12-25-31(20)21)22(32)26-15-5-6-15)27-17-3-2-4-19(28-17)30-8-10-34-23(13-30)7-9-33-14-23/h2-4,11-12,15,24H,5-10,13-14H2,1H3,(H,26,32)(H,27,28,29)/t23-/m0/s1. The monoisotopic (exact) mass is 464 g/mol. The van der Waals surface area contributed by atoms with E-state index in [4.69, 9.17) is 14.5 Å². The number of pyridine rings is 1. The van der Waals surface area contributed by atoms with Crippen LogP contribution in [0.5, 0.6) is 0 Å². The molecule has 34 heavy (non-hydrogen) atoms. The van der Waals surface area contributed by atoms with E-state index < -0.39 is 0 Å². The number of anilines is 4. The van der Waals surface area contributed by atoms with Crippen LogP contribution in [0.4, 0.5) is 23.3 Å². The van der Waals surface area contributed by atoms with Gasteiger partial charge in [-0.1, -0.05) is 6.07 Å². The number of fused-ring (bicyclic) bond motifs is 1. The lowest BCUT2D eigenvalue weighted by Gasteiger charge is -2.40. The molecule has 3 N–H and O–H groups in total. The van der Waals surface area contributed by atoms with Crippen molar-refractivity contribution >= 4 is 34.8 Å². The van der Waals surface area contributed by atoms with Gasteiger partial charge in [0.2, 0.25) is 0 Å². The molecule has 1 atom stereocenters. The zero-order chi connectivity index (χ0) is 23.1. The first-order valence-corrected chi connectivity index (χ1v) is 11.7. The van der Waals surface area contributed by atoms with Crippen LogP contribution in [0.2, 0.25) is 0 Å². The number of aromatic nitrogens is 4. The second-order valence-corrected chi connectivity index (χ2v) is 9.08. The Morgan fingerprint density at radius 3 is 2.91 bits per heavy atom. The summed E-state index contributed by atoms with van der Waals surface area (Å²) in [4.78, 5) is 24.4. The molecule has 3 aliphatic rings. The number of morpholine rings is 1. The molecule has 0 aromatic carbocycles. The number of rotatable bonds is 6. The van der Waals surface area contributed by atoms with E-state index in [0.29, 0.717) is 41.9 Å². The summed E-state index contributed by atoms with van der Waals surface area (Å²) in [6.45, 7) is 3.55. The minimum Gasteiger partial charge on any atom is -0.378 e. The van der Waals surface area contributed by atoms with E-state index in [-0.39, 0.29) is 17.6 Å². The van der Waals surface area contributed by atoms with Crippen LogP contribution in [0.3, 0.4) is 0 Å². The number of hydrogen-bond donors (Lipinski definition) is 3. The average molecular weight is 465 g/mol. The lowest BCUT2D eigenvalue weighted by molar-refractivity contribution is -0.0581. The molecule has 2 aliphatic heterocycles. The summed E-state index contributed by atoms with van der Waals surface area (Å²) in [6.07, 6.45) is 4.50. The van der Waals surface area contributed by atoms with Crippen LogP contribution in [-0.4, -0.2) is 77.1 Å². The number of nitrogens with one attached hydrogen (secondary N) is 3. The Hall–Kier alpha value is -3.44. The van der Waals surface area contributed by atoms with Gasteiger partial charge in [0.15, 0.2) is 5.65 Å². The second kappa shape index (κ2) is 8.41. The Morgan fingerprint density at radius 2 is 2.12 bits per heavy atom. The highest BCUT2D eigenvalue weighted by molar-refractivity contribution is 6.00. The molecule has 6 rings (SSSR count). The Labute approximate surface area is 196 Å². The fraction of sp³-hybridized carbons (Fsp3) is 0.478. The molecule has 1 saturated carbocycles. The predicted octanol–water partition coefficient (Wildman–Crippen LogP) is 1.80. The van der Waals surface area contributed by atoms with Crippen LogP contribution in [0.25, 0.3) is 5.65 Å². The van der Waals surface area contributed by atoms with E-state index in [1.807, 2.05) is 31.3 Å². The molecule has 0 unspecified atom stereocenters. The summed E-state index contributed by atoms with van der Waals surface area (Å²) in [5, 5.41) is 13.8.